The van der Waals surface area contributed by atoms with Crippen LogP contribution in [-0.2, 0) is 60.7 Å². The number of hydrogen-bond donors (Lipinski definition) is 11. The van der Waals surface area contributed by atoms with Crippen LogP contribution in [0.1, 0.15) is 22.3 Å². The lowest BCUT2D eigenvalue weighted by Gasteiger charge is -2.15. The highest BCUT2D eigenvalue weighted by Gasteiger charge is 2.29. The zero-order valence-corrected chi connectivity index (χ0v) is 57.9. The Morgan fingerprint density at radius 2 is 0.786 bits per heavy atom. The van der Waals surface area contributed by atoms with Crippen molar-refractivity contribution in [3.63, 3.8) is 0 Å². The van der Waals surface area contributed by atoms with Crippen LogP contribution in [0.15, 0.2) is 220 Å². The van der Waals surface area contributed by atoms with Gasteiger partial charge in [-0.3, -0.25) is 27.3 Å². The third-order valence-electron chi connectivity index (χ3n) is 15.5. The molecule has 0 aliphatic rings. The molecule has 0 aromatic heterocycles. The van der Waals surface area contributed by atoms with E-state index in [0.29, 0.717) is 17.3 Å². The number of aryl methyl sites for hydroxylation is 4. The Balaban J connectivity index is 0.949. The van der Waals surface area contributed by atoms with E-state index in [-0.39, 0.29) is 94.1 Å². The first kappa shape index (κ1) is 73.0. The van der Waals surface area contributed by atoms with E-state index in [4.69, 9.17) is 4.74 Å². The smallest absolute Gasteiger partial charge is 0.296 e. The zero-order chi connectivity index (χ0) is 75.0. The quantitative estimate of drug-likeness (QED) is 0.0264. The van der Waals surface area contributed by atoms with Gasteiger partial charge in [-0.15, -0.1) is 35.8 Å². The number of fused-ring (bicyclic) bond motifs is 4. The Morgan fingerprint density at radius 3 is 1.31 bits per heavy atom. The Hall–Kier alpha value is -11.3. The van der Waals surface area contributed by atoms with Crippen molar-refractivity contribution in [2.45, 2.75) is 57.1 Å². The second kappa shape index (κ2) is 26.9. The second-order valence-corrected chi connectivity index (χ2v) is 31.0. The SMILES string of the molecule is COc1cc(/N=N\c2cc(S(=O)(=O)O)cc3cc(S(=O)(=O)O)cc(O)c23)c(C)cc1N=Nc1c(S(=O)(=O)O)cc2cc(N=Nc3c(Nc4ccc(C)cc4)ccc4c(O)c(/N=N/c5ccc6c(O)c(/N=N\c7c(C)cc(C)cc7S(=O)(=O)O)c(S(=O)(=O)O)cc6c5)c(S(=O)(=O)O)cc34)ccc2c1O. The molecule has 530 valence electrons. The molecule has 11 aromatic carbocycles. The van der Waals surface area contributed by atoms with E-state index in [1.54, 1.807) is 24.3 Å². The number of rotatable bonds is 19. The number of phenols is 4. The van der Waals surface area contributed by atoms with E-state index in [2.05, 4.69) is 56.5 Å². The molecule has 0 saturated carbocycles. The Morgan fingerprint density at radius 1 is 0.340 bits per heavy atom. The number of nitrogens with one attached hydrogen (secondary N) is 1. The molecule has 11 rings (SSSR count). The maximum absolute atomic E-state index is 13.3. The largest absolute Gasteiger partial charge is 0.507 e. The highest BCUT2D eigenvalue weighted by molar-refractivity contribution is 7.87. The van der Waals surface area contributed by atoms with Gasteiger partial charge in [-0.25, -0.2) is 0 Å². The molecular formula is C63H49N11O23S6. The summed E-state index contributed by atoms with van der Waals surface area (Å²) in [5.74, 6) is -3.53. The average molecular weight is 1520 g/mol. The fourth-order valence-corrected chi connectivity index (χ4v) is 14.5. The van der Waals surface area contributed by atoms with Gasteiger partial charge >= 0.3 is 0 Å². The number of azo groups is 5. The van der Waals surface area contributed by atoms with Crippen molar-refractivity contribution < 1.29 is 103 Å². The number of hydrogen-bond acceptors (Lipinski definition) is 28. The molecule has 11 N–H and O–H groups in total. The van der Waals surface area contributed by atoms with E-state index in [1.165, 1.54) is 88.5 Å². The topological polar surface area (TPSA) is 552 Å². The summed E-state index contributed by atoms with van der Waals surface area (Å²) < 4.78 is 218. The van der Waals surface area contributed by atoms with Crippen LogP contribution in [0, 0.1) is 27.7 Å². The van der Waals surface area contributed by atoms with E-state index in [1.807, 2.05) is 6.92 Å². The fraction of sp³-hybridized carbons (Fsp3) is 0.0794. The molecule has 0 unspecified atom stereocenters. The van der Waals surface area contributed by atoms with Crippen LogP contribution in [0.3, 0.4) is 0 Å². The van der Waals surface area contributed by atoms with Crippen molar-refractivity contribution in [1.82, 2.24) is 0 Å². The van der Waals surface area contributed by atoms with Gasteiger partial charge in [0.05, 0.1) is 50.7 Å². The van der Waals surface area contributed by atoms with E-state index in [9.17, 15) is 98.2 Å². The molecule has 0 atom stereocenters. The van der Waals surface area contributed by atoms with Crippen LogP contribution < -0.4 is 10.1 Å². The van der Waals surface area contributed by atoms with Gasteiger partial charge in [-0.1, -0.05) is 23.8 Å². The standard InChI is InChI=1S/C63H49N11O23S6/c1-29-6-8-36(9-7-29)64-45-15-14-43-44(27-54(103(94,95)96)60(63(43)78)72-66-38-11-13-42-34(20-38)24-53(102(91,92)93)59(62(42)77)74-70-56-32(4)16-30(2)17-51(56)100(85,86)87)57(45)71-65-37-10-12-41-33(19-37)23-52(101(88,89)90)58(61(41)76)73-68-47-18-31(3)46(28-50(47)97-5)67-69-48-25-39(98(79,80)81)21-35-22-40(99(82,83)84)26-49(75)55(35)48/h6-28,64,75-78H,1-5H3,(H,79,80,81)(H,82,83,84)(H,85,86,87)(H,88,89,90)(H,91,92,93)(H,94,95,96)/b69-67-,71-65?,72-66+,73-68?,74-70-. The van der Waals surface area contributed by atoms with Crippen LogP contribution in [0.4, 0.5) is 68.2 Å². The van der Waals surface area contributed by atoms with Gasteiger partial charge in [0.2, 0.25) is 0 Å². The normalized spacial score (nSPS) is 13.0. The van der Waals surface area contributed by atoms with Crippen LogP contribution >= 0.6 is 0 Å². The van der Waals surface area contributed by atoms with Gasteiger partial charge in [0, 0.05) is 39.4 Å². The summed E-state index contributed by atoms with van der Waals surface area (Å²) in [7, 11) is -29.6. The van der Waals surface area contributed by atoms with Crippen molar-refractivity contribution in [3.8, 4) is 28.7 Å². The molecule has 0 aliphatic carbocycles. The minimum atomic E-state index is -5.39. The third kappa shape index (κ3) is 15.2. The summed E-state index contributed by atoms with van der Waals surface area (Å²) in [6.07, 6.45) is 0. The highest BCUT2D eigenvalue weighted by atomic mass is 32.2. The lowest BCUT2D eigenvalue weighted by Crippen LogP contribution is -2.01. The summed E-state index contributed by atoms with van der Waals surface area (Å²) in [6.45, 7) is 6.26. The number of ether oxygens (including phenoxy) is 1. The summed E-state index contributed by atoms with van der Waals surface area (Å²) in [4.78, 5) is -5.35. The maximum Gasteiger partial charge on any atom is 0.296 e. The lowest BCUT2D eigenvalue weighted by molar-refractivity contribution is 0.416. The number of aromatic hydroxyl groups is 4. The molecular weight excluding hydrogens is 1470 g/mol. The molecule has 11 aromatic rings. The van der Waals surface area contributed by atoms with Gasteiger partial charge in [-0.05, 0) is 170 Å². The number of nitrogens with zero attached hydrogens (tertiary/aromatic N) is 10. The van der Waals surface area contributed by atoms with Gasteiger partial charge in [0.1, 0.15) is 65.2 Å². The molecule has 0 fully saturated rings. The van der Waals surface area contributed by atoms with Crippen LogP contribution in [0.25, 0.3) is 43.1 Å². The van der Waals surface area contributed by atoms with Gasteiger partial charge in [-0.2, -0.15) is 65.8 Å². The van der Waals surface area contributed by atoms with E-state index >= 15 is 0 Å². The van der Waals surface area contributed by atoms with Crippen LogP contribution in [0.2, 0.25) is 0 Å². The molecule has 0 heterocycles. The number of phenolic OH excluding ortho intramolecular Hbond substituents is 4. The number of anilines is 2. The third-order valence-corrected chi connectivity index (χ3v) is 20.6. The molecule has 0 aliphatic heterocycles. The molecule has 0 radical (unpaired) electrons. The molecule has 0 saturated heterocycles. The maximum atomic E-state index is 13.3. The van der Waals surface area contributed by atoms with Crippen molar-refractivity contribution in [2.75, 3.05) is 12.4 Å². The summed E-state index contributed by atoms with van der Waals surface area (Å²) >= 11 is 0. The molecule has 0 amide bonds. The van der Waals surface area contributed by atoms with Gasteiger partial charge in [0.15, 0.2) is 17.2 Å². The number of benzene rings is 11. The molecule has 0 spiro atoms. The van der Waals surface area contributed by atoms with Crippen LogP contribution in [0.5, 0.6) is 28.7 Å². The van der Waals surface area contributed by atoms with Crippen molar-refractivity contribution in [3.05, 3.63) is 162 Å². The Bertz CT molecular complexity index is 6420. The predicted molar refractivity (Wildman–Crippen MR) is 370 cm³/mol. The molecule has 34 nitrogen and oxygen atoms in total. The monoisotopic (exact) mass is 1520 g/mol. The first-order valence-corrected chi connectivity index (χ1v) is 37.5. The second-order valence-electron chi connectivity index (χ2n) is 22.6. The fourth-order valence-electron chi connectivity index (χ4n) is 10.7. The summed E-state index contributed by atoms with van der Waals surface area (Å²) in [5, 5.41) is 88.2. The van der Waals surface area contributed by atoms with Crippen molar-refractivity contribution >= 4 is 172 Å². The molecule has 0 bridgehead atoms. The highest BCUT2D eigenvalue weighted by Crippen LogP contribution is 2.50. The zero-order valence-electron chi connectivity index (χ0n) is 53.0. The van der Waals surface area contributed by atoms with Crippen molar-refractivity contribution in [2.24, 2.45) is 51.1 Å². The summed E-state index contributed by atoms with van der Waals surface area (Å²) in [6, 6.07) is 27.8. The summed E-state index contributed by atoms with van der Waals surface area (Å²) in [5.41, 5.74) is -1.64. The molecule has 40 heteroatoms. The first-order chi connectivity index (χ1) is 48.1. The average Bonchev–Trinajstić information content (AvgIpc) is 0.770. The lowest BCUT2D eigenvalue weighted by atomic mass is 10.0. The van der Waals surface area contributed by atoms with Crippen molar-refractivity contribution in [1.29, 1.82) is 0 Å². The van der Waals surface area contributed by atoms with E-state index in [0.717, 1.165) is 54.1 Å². The number of methoxy groups -OCH3 is 1. The molecule has 103 heavy (non-hydrogen) atoms. The Kier molecular flexibility index (Phi) is 19.1. The minimum absolute atomic E-state index is 0.00260. The predicted octanol–water partition coefficient (Wildman–Crippen LogP) is 15.7. The van der Waals surface area contributed by atoms with Gasteiger partial charge in [0.25, 0.3) is 60.7 Å². The minimum Gasteiger partial charge on any atom is -0.507 e. The first-order valence-electron chi connectivity index (χ1n) is 28.9. The van der Waals surface area contributed by atoms with Gasteiger partial charge < -0.3 is 30.5 Å². The van der Waals surface area contributed by atoms with E-state index < -0.39 is 142 Å². The van der Waals surface area contributed by atoms with Crippen LogP contribution in [-0.4, -0.2) is 105 Å². The Labute approximate surface area is 582 Å².